The smallest absolute Gasteiger partial charge is 0.244 e. The second kappa shape index (κ2) is 6.00. The van der Waals surface area contributed by atoms with Crippen molar-refractivity contribution in [1.82, 2.24) is 4.90 Å². The van der Waals surface area contributed by atoms with Gasteiger partial charge in [0.05, 0.1) is 6.04 Å². The lowest BCUT2D eigenvalue weighted by Crippen LogP contribution is -2.44. The maximum atomic E-state index is 12.8. The van der Waals surface area contributed by atoms with Gasteiger partial charge < -0.3 is 10.6 Å². The third kappa shape index (κ3) is 2.61. The van der Waals surface area contributed by atoms with E-state index < -0.39 is 6.04 Å². The zero-order valence-electron chi connectivity index (χ0n) is 12.2. The molecule has 3 rings (SSSR count). The first-order valence-electron chi connectivity index (χ1n) is 7.39. The molecule has 0 saturated heterocycles. The summed E-state index contributed by atoms with van der Waals surface area (Å²) in [6.07, 6.45) is 1.87. The third-order valence-electron chi connectivity index (χ3n) is 4.19. The van der Waals surface area contributed by atoms with Crippen LogP contribution in [0.2, 0.25) is 0 Å². The van der Waals surface area contributed by atoms with Crippen LogP contribution in [0.25, 0.3) is 0 Å². The Morgan fingerprint density at radius 3 is 2.86 bits per heavy atom. The van der Waals surface area contributed by atoms with Crippen molar-refractivity contribution < 1.29 is 4.79 Å². The van der Waals surface area contributed by atoms with Crippen molar-refractivity contribution >= 4 is 17.2 Å². The highest BCUT2D eigenvalue weighted by atomic mass is 32.1. The number of hydrogen-bond acceptors (Lipinski definition) is 3. The van der Waals surface area contributed by atoms with Crippen LogP contribution in [0.1, 0.15) is 41.4 Å². The highest BCUT2D eigenvalue weighted by Crippen LogP contribution is 2.36. The number of hydrogen-bond donors (Lipinski definition) is 1. The minimum absolute atomic E-state index is 0.0323. The first-order valence-corrected chi connectivity index (χ1v) is 8.27. The number of thiophene rings is 1. The van der Waals surface area contributed by atoms with E-state index in [-0.39, 0.29) is 11.9 Å². The van der Waals surface area contributed by atoms with Crippen LogP contribution in [0, 0.1) is 0 Å². The predicted molar refractivity (Wildman–Crippen MR) is 86.1 cm³/mol. The molecule has 0 spiro atoms. The van der Waals surface area contributed by atoms with Crippen LogP contribution in [0.5, 0.6) is 0 Å². The van der Waals surface area contributed by atoms with Crippen LogP contribution in [0.3, 0.4) is 0 Å². The zero-order valence-corrected chi connectivity index (χ0v) is 13.0. The molecule has 1 aromatic carbocycles. The van der Waals surface area contributed by atoms with Gasteiger partial charge in [0, 0.05) is 11.4 Å². The molecule has 110 valence electrons. The lowest BCUT2D eigenvalue weighted by molar-refractivity contribution is -0.135. The first kappa shape index (κ1) is 14.3. The molecule has 0 fully saturated rings. The van der Waals surface area contributed by atoms with E-state index in [2.05, 4.69) is 18.4 Å². The van der Waals surface area contributed by atoms with Crippen molar-refractivity contribution in [3.8, 4) is 0 Å². The maximum absolute atomic E-state index is 12.8. The van der Waals surface area contributed by atoms with Gasteiger partial charge >= 0.3 is 0 Å². The van der Waals surface area contributed by atoms with E-state index in [4.69, 9.17) is 5.73 Å². The number of carbonyl (C=O) groups is 1. The molecule has 3 nitrogen and oxygen atoms in total. The Kier molecular flexibility index (Phi) is 4.08. The summed E-state index contributed by atoms with van der Waals surface area (Å²) in [5.74, 6) is 0.0323. The normalized spacial score (nSPS) is 19.1. The molecule has 2 heterocycles. The van der Waals surface area contributed by atoms with Gasteiger partial charge in [0.1, 0.15) is 6.04 Å². The molecule has 1 aliphatic heterocycles. The molecule has 2 N–H and O–H groups in total. The standard InChI is InChI=1S/C17H20N2OS/c1-2-14-13-9-11-21-15(13)8-10-19(14)17(20)16(18)12-6-4-3-5-7-12/h3-7,9,11,14,16H,2,8,10,18H2,1H3/t14?,16-/m0/s1. The highest BCUT2D eigenvalue weighted by Gasteiger charge is 2.33. The summed E-state index contributed by atoms with van der Waals surface area (Å²) >= 11 is 1.79. The largest absolute Gasteiger partial charge is 0.334 e. The highest BCUT2D eigenvalue weighted by molar-refractivity contribution is 7.10. The summed E-state index contributed by atoms with van der Waals surface area (Å²) in [6, 6.07) is 11.4. The lowest BCUT2D eigenvalue weighted by Gasteiger charge is -2.37. The van der Waals surface area contributed by atoms with E-state index in [0.29, 0.717) is 0 Å². The molecule has 1 aliphatic rings. The Labute approximate surface area is 129 Å². The Balaban J connectivity index is 1.85. The average Bonchev–Trinajstić information content (AvgIpc) is 3.02. The predicted octanol–water partition coefficient (Wildman–Crippen LogP) is 3.28. The van der Waals surface area contributed by atoms with Crippen LogP contribution in [-0.2, 0) is 11.2 Å². The molecular formula is C17H20N2OS. The first-order chi connectivity index (χ1) is 10.2. The summed E-state index contributed by atoms with van der Waals surface area (Å²) < 4.78 is 0. The van der Waals surface area contributed by atoms with Crippen molar-refractivity contribution in [2.45, 2.75) is 31.8 Å². The SMILES string of the molecule is CCC1c2ccsc2CCN1C(=O)[C@@H](N)c1ccccc1. The molecular weight excluding hydrogens is 280 g/mol. The fourth-order valence-corrected chi connectivity index (χ4v) is 4.01. The minimum Gasteiger partial charge on any atom is -0.334 e. The van der Waals surface area contributed by atoms with Crippen LogP contribution < -0.4 is 5.73 Å². The second-order valence-electron chi connectivity index (χ2n) is 5.39. The number of benzene rings is 1. The number of carbonyl (C=O) groups excluding carboxylic acids is 1. The monoisotopic (exact) mass is 300 g/mol. The molecule has 4 heteroatoms. The molecule has 21 heavy (non-hydrogen) atoms. The van der Waals surface area contributed by atoms with Crippen molar-refractivity contribution in [3.63, 3.8) is 0 Å². The Morgan fingerprint density at radius 2 is 2.14 bits per heavy atom. The fourth-order valence-electron chi connectivity index (χ4n) is 3.08. The molecule has 0 saturated carbocycles. The van der Waals surface area contributed by atoms with Crippen LogP contribution in [0.15, 0.2) is 41.8 Å². The van der Waals surface area contributed by atoms with Crippen molar-refractivity contribution in [3.05, 3.63) is 57.8 Å². The molecule has 2 aromatic rings. The summed E-state index contributed by atoms with van der Waals surface area (Å²) in [5, 5.41) is 2.12. The van der Waals surface area contributed by atoms with Gasteiger partial charge in [-0.25, -0.2) is 0 Å². The van der Waals surface area contributed by atoms with Gasteiger partial charge in [0.15, 0.2) is 0 Å². The maximum Gasteiger partial charge on any atom is 0.244 e. The number of rotatable bonds is 3. The fraction of sp³-hybridized carbons (Fsp3) is 0.353. The van der Waals surface area contributed by atoms with E-state index in [9.17, 15) is 4.79 Å². The van der Waals surface area contributed by atoms with Gasteiger partial charge in [0.25, 0.3) is 0 Å². The van der Waals surface area contributed by atoms with Gasteiger partial charge in [-0.1, -0.05) is 37.3 Å². The number of amides is 1. The van der Waals surface area contributed by atoms with Crippen molar-refractivity contribution in [2.75, 3.05) is 6.54 Å². The Morgan fingerprint density at radius 1 is 1.38 bits per heavy atom. The van der Waals surface area contributed by atoms with E-state index in [1.54, 1.807) is 11.3 Å². The van der Waals surface area contributed by atoms with Gasteiger partial charge in [-0.3, -0.25) is 4.79 Å². The van der Waals surface area contributed by atoms with E-state index in [1.165, 1.54) is 10.4 Å². The molecule has 1 unspecified atom stereocenters. The van der Waals surface area contributed by atoms with Gasteiger partial charge in [-0.05, 0) is 35.4 Å². The van der Waals surface area contributed by atoms with Crippen molar-refractivity contribution in [2.24, 2.45) is 5.73 Å². The van der Waals surface area contributed by atoms with E-state index in [1.807, 2.05) is 35.2 Å². The number of nitrogens with zero attached hydrogens (tertiary/aromatic N) is 1. The van der Waals surface area contributed by atoms with Crippen molar-refractivity contribution in [1.29, 1.82) is 0 Å². The second-order valence-corrected chi connectivity index (χ2v) is 6.39. The molecule has 0 radical (unpaired) electrons. The topological polar surface area (TPSA) is 46.3 Å². The Hall–Kier alpha value is -1.65. The van der Waals surface area contributed by atoms with E-state index >= 15 is 0 Å². The summed E-state index contributed by atoms with van der Waals surface area (Å²) in [4.78, 5) is 16.2. The van der Waals surface area contributed by atoms with Gasteiger partial charge in [-0.15, -0.1) is 11.3 Å². The van der Waals surface area contributed by atoms with Gasteiger partial charge in [0.2, 0.25) is 5.91 Å². The van der Waals surface area contributed by atoms with Crippen LogP contribution in [0.4, 0.5) is 0 Å². The van der Waals surface area contributed by atoms with E-state index in [0.717, 1.165) is 24.9 Å². The number of fused-ring (bicyclic) bond motifs is 1. The summed E-state index contributed by atoms with van der Waals surface area (Å²) in [5.41, 5.74) is 8.38. The summed E-state index contributed by atoms with van der Waals surface area (Å²) in [6.45, 7) is 2.90. The molecule has 0 bridgehead atoms. The quantitative estimate of drug-likeness (QED) is 0.945. The van der Waals surface area contributed by atoms with Gasteiger partial charge in [-0.2, -0.15) is 0 Å². The average molecular weight is 300 g/mol. The number of nitrogens with two attached hydrogens (primary N) is 1. The van der Waals surface area contributed by atoms with Crippen LogP contribution >= 0.6 is 11.3 Å². The van der Waals surface area contributed by atoms with Crippen LogP contribution in [-0.4, -0.2) is 17.4 Å². The lowest BCUT2D eigenvalue weighted by atomic mass is 9.96. The molecule has 1 amide bonds. The molecule has 0 aliphatic carbocycles. The minimum atomic E-state index is -0.569. The molecule has 2 atom stereocenters. The molecule has 1 aromatic heterocycles. The third-order valence-corrected chi connectivity index (χ3v) is 5.19. The Bertz CT molecular complexity index is 623. The zero-order chi connectivity index (χ0) is 14.8. The summed E-state index contributed by atoms with van der Waals surface area (Å²) in [7, 11) is 0.